The first-order valence-electron chi connectivity index (χ1n) is 7.18. The maximum absolute atomic E-state index is 12.1. The van der Waals surface area contributed by atoms with E-state index in [2.05, 4.69) is 10.3 Å². The number of carbonyl (C=O) groups excluding carboxylic acids is 2. The Labute approximate surface area is 149 Å². The average molecular weight is 367 g/mol. The standard InChI is InChI=1S/C17H16Cl2N2O3/c1-9-4-5-12(6-10(9)2)17(23)24-11(3)16(22)21-15-14(19)7-13(18)8-20-15/h4-8,11H,1-3H3,(H,20,21,22). The number of carbonyl (C=O) groups is 2. The molecule has 1 heterocycles. The van der Waals surface area contributed by atoms with Gasteiger partial charge in [0.2, 0.25) is 0 Å². The van der Waals surface area contributed by atoms with Crippen molar-refractivity contribution in [2.24, 2.45) is 0 Å². The van der Waals surface area contributed by atoms with Gasteiger partial charge >= 0.3 is 5.97 Å². The number of nitrogens with zero attached hydrogens (tertiary/aromatic N) is 1. The number of anilines is 1. The summed E-state index contributed by atoms with van der Waals surface area (Å²) >= 11 is 11.7. The molecular formula is C17H16Cl2N2O3. The van der Waals surface area contributed by atoms with E-state index in [1.165, 1.54) is 19.2 Å². The molecular weight excluding hydrogens is 351 g/mol. The molecule has 7 heteroatoms. The van der Waals surface area contributed by atoms with E-state index in [9.17, 15) is 9.59 Å². The zero-order chi connectivity index (χ0) is 17.9. The minimum atomic E-state index is -1.01. The van der Waals surface area contributed by atoms with Crippen molar-refractivity contribution < 1.29 is 14.3 Å². The Hall–Kier alpha value is -2.11. The topological polar surface area (TPSA) is 68.3 Å². The normalized spacial score (nSPS) is 11.7. The lowest BCUT2D eigenvalue weighted by molar-refractivity contribution is -0.123. The van der Waals surface area contributed by atoms with Gasteiger partial charge in [0.15, 0.2) is 11.9 Å². The Morgan fingerprint density at radius 1 is 1.17 bits per heavy atom. The fraction of sp³-hybridized carbons (Fsp3) is 0.235. The van der Waals surface area contributed by atoms with Gasteiger partial charge in [-0.2, -0.15) is 0 Å². The van der Waals surface area contributed by atoms with Gasteiger partial charge in [0, 0.05) is 6.20 Å². The predicted octanol–water partition coefficient (Wildman–Crippen LogP) is 4.19. The van der Waals surface area contributed by atoms with Gasteiger partial charge in [0.05, 0.1) is 15.6 Å². The SMILES string of the molecule is Cc1ccc(C(=O)OC(C)C(=O)Nc2ncc(Cl)cc2Cl)cc1C. The highest BCUT2D eigenvalue weighted by molar-refractivity contribution is 6.36. The Bertz CT molecular complexity index is 793. The Kier molecular flexibility index (Phi) is 5.80. The first kappa shape index (κ1) is 18.2. The average Bonchev–Trinajstić information content (AvgIpc) is 2.52. The van der Waals surface area contributed by atoms with Crippen LogP contribution in [0.1, 0.15) is 28.4 Å². The van der Waals surface area contributed by atoms with Crippen LogP contribution in [0.5, 0.6) is 0 Å². The van der Waals surface area contributed by atoms with Crippen molar-refractivity contribution in [2.45, 2.75) is 26.9 Å². The molecule has 5 nitrogen and oxygen atoms in total. The summed E-state index contributed by atoms with van der Waals surface area (Å²) in [7, 11) is 0. The van der Waals surface area contributed by atoms with Crippen LogP contribution in [0.15, 0.2) is 30.5 Å². The second-order valence-electron chi connectivity index (χ2n) is 5.32. The highest BCUT2D eigenvalue weighted by atomic mass is 35.5. The molecule has 1 N–H and O–H groups in total. The largest absolute Gasteiger partial charge is 0.449 e. The zero-order valence-corrected chi connectivity index (χ0v) is 14.9. The number of benzene rings is 1. The molecule has 0 bridgehead atoms. The zero-order valence-electron chi connectivity index (χ0n) is 13.4. The minimum Gasteiger partial charge on any atom is -0.449 e. The van der Waals surface area contributed by atoms with Crippen LogP contribution in [0.2, 0.25) is 10.0 Å². The van der Waals surface area contributed by atoms with Crippen molar-refractivity contribution in [3.05, 3.63) is 57.2 Å². The molecule has 0 saturated carbocycles. The lowest BCUT2D eigenvalue weighted by Gasteiger charge is -2.14. The van der Waals surface area contributed by atoms with Crippen LogP contribution >= 0.6 is 23.2 Å². The number of hydrogen-bond donors (Lipinski definition) is 1. The van der Waals surface area contributed by atoms with E-state index >= 15 is 0 Å². The van der Waals surface area contributed by atoms with Crippen LogP contribution in [0.25, 0.3) is 0 Å². The summed E-state index contributed by atoms with van der Waals surface area (Å²) in [5.74, 6) is -0.958. The molecule has 1 unspecified atom stereocenters. The fourth-order valence-electron chi connectivity index (χ4n) is 1.88. The third kappa shape index (κ3) is 4.46. The molecule has 1 atom stereocenters. The summed E-state index contributed by atoms with van der Waals surface area (Å²) < 4.78 is 5.18. The molecule has 0 radical (unpaired) electrons. The molecule has 0 fully saturated rings. The van der Waals surface area contributed by atoms with Crippen molar-refractivity contribution in [3.63, 3.8) is 0 Å². The van der Waals surface area contributed by atoms with Gasteiger partial charge in [0.25, 0.3) is 5.91 Å². The molecule has 0 aliphatic heterocycles. The Morgan fingerprint density at radius 3 is 2.50 bits per heavy atom. The molecule has 0 saturated heterocycles. The molecule has 2 rings (SSSR count). The molecule has 0 aliphatic carbocycles. The second-order valence-corrected chi connectivity index (χ2v) is 6.16. The lowest BCUT2D eigenvalue weighted by Crippen LogP contribution is -2.30. The van der Waals surface area contributed by atoms with E-state index in [1.54, 1.807) is 12.1 Å². The predicted molar refractivity (Wildman–Crippen MR) is 93.7 cm³/mol. The molecule has 24 heavy (non-hydrogen) atoms. The highest BCUT2D eigenvalue weighted by Crippen LogP contribution is 2.22. The van der Waals surface area contributed by atoms with Crippen LogP contribution in [0.4, 0.5) is 5.82 Å². The number of halogens is 2. The van der Waals surface area contributed by atoms with Gasteiger partial charge in [-0.05, 0) is 50.1 Å². The van der Waals surface area contributed by atoms with Gasteiger partial charge in [-0.25, -0.2) is 9.78 Å². The molecule has 2 aromatic rings. The van der Waals surface area contributed by atoms with Crippen molar-refractivity contribution in [3.8, 4) is 0 Å². The number of aromatic nitrogens is 1. The van der Waals surface area contributed by atoms with E-state index in [0.29, 0.717) is 10.6 Å². The molecule has 1 aromatic heterocycles. The number of nitrogens with one attached hydrogen (secondary N) is 1. The van der Waals surface area contributed by atoms with Crippen LogP contribution in [-0.4, -0.2) is 23.0 Å². The maximum Gasteiger partial charge on any atom is 0.338 e. The summed E-state index contributed by atoms with van der Waals surface area (Å²) in [5, 5.41) is 3.05. The van der Waals surface area contributed by atoms with Gasteiger partial charge < -0.3 is 10.1 Å². The minimum absolute atomic E-state index is 0.153. The number of aryl methyl sites for hydroxylation is 2. The number of pyridine rings is 1. The number of rotatable bonds is 4. The summed E-state index contributed by atoms with van der Waals surface area (Å²) in [6.07, 6.45) is 0.349. The highest BCUT2D eigenvalue weighted by Gasteiger charge is 2.20. The molecule has 0 aliphatic rings. The smallest absolute Gasteiger partial charge is 0.338 e. The third-order valence-electron chi connectivity index (χ3n) is 3.45. The lowest BCUT2D eigenvalue weighted by atomic mass is 10.1. The first-order valence-corrected chi connectivity index (χ1v) is 7.93. The van der Waals surface area contributed by atoms with E-state index < -0.39 is 18.0 Å². The van der Waals surface area contributed by atoms with Gasteiger partial charge in [-0.3, -0.25) is 4.79 Å². The van der Waals surface area contributed by atoms with Crippen LogP contribution < -0.4 is 5.32 Å². The summed E-state index contributed by atoms with van der Waals surface area (Å²) in [6.45, 7) is 5.32. The van der Waals surface area contributed by atoms with Crippen LogP contribution in [0, 0.1) is 13.8 Å². The van der Waals surface area contributed by atoms with Crippen LogP contribution in [0.3, 0.4) is 0 Å². The summed E-state index contributed by atoms with van der Waals surface area (Å²) in [4.78, 5) is 28.2. The maximum atomic E-state index is 12.1. The quantitative estimate of drug-likeness (QED) is 0.823. The van der Waals surface area contributed by atoms with E-state index in [-0.39, 0.29) is 10.8 Å². The number of ether oxygens (including phenoxy) is 1. The first-order chi connectivity index (χ1) is 11.3. The van der Waals surface area contributed by atoms with E-state index in [0.717, 1.165) is 11.1 Å². The van der Waals surface area contributed by atoms with Crippen molar-refractivity contribution >= 4 is 40.9 Å². The van der Waals surface area contributed by atoms with Gasteiger partial charge in [-0.15, -0.1) is 0 Å². The molecule has 126 valence electrons. The fourth-order valence-corrected chi connectivity index (χ4v) is 2.30. The Morgan fingerprint density at radius 2 is 1.88 bits per heavy atom. The molecule has 0 spiro atoms. The van der Waals surface area contributed by atoms with Crippen molar-refractivity contribution in [1.82, 2.24) is 4.98 Å². The number of esters is 1. The van der Waals surface area contributed by atoms with E-state index in [1.807, 2.05) is 19.9 Å². The van der Waals surface area contributed by atoms with Gasteiger partial charge in [-0.1, -0.05) is 29.3 Å². The second kappa shape index (κ2) is 7.64. The molecule has 1 aromatic carbocycles. The number of hydrogen-bond acceptors (Lipinski definition) is 4. The number of amides is 1. The van der Waals surface area contributed by atoms with E-state index in [4.69, 9.17) is 27.9 Å². The van der Waals surface area contributed by atoms with Crippen LogP contribution in [-0.2, 0) is 9.53 Å². The molecule has 1 amide bonds. The monoisotopic (exact) mass is 366 g/mol. The summed E-state index contributed by atoms with van der Waals surface area (Å²) in [5.41, 5.74) is 2.43. The third-order valence-corrected chi connectivity index (χ3v) is 3.94. The summed E-state index contributed by atoms with van der Waals surface area (Å²) in [6, 6.07) is 6.67. The van der Waals surface area contributed by atoms with Gasteiger partial charge in [0.1, 0.15) is 0 Å². The Balaban J connectivity index is 2.02. The van der Waals surface area contributed by atoms with Crippen molar-refractivity contribution in [2.75, 3.05) is 5.32 Å². The van der Waals surface area contributed by atoms with Crippen molar-refractivity contribution in [1.29, 1.82) is 0 Å².